The molecule has 0 bridgehead atoms. The number of hydrogen-bond donors (Lipinski definition) is 1. The van der Waals surface area contributed by atoms with Crippen LogP contribution in [0.1, 0.15) is 26.3 Å². The minimum Gasteiger partial charge on any atom is -0.334 e. The lowest BCUT2D eigenvalue weighted by Crippen LogP contribution is -2.14. The normalized spacial score (nSPS) is 11.2. The number of para-hydroxylation sites is 1. The molecule has 1 aromatic heterocycles. The van der Waals surface area contributed by atoms with E-state index in [4.69, 9.17) is 11.6 Å². The Morgan fingerprint density at radius 1 is 1.19 bits per heavy atom. The van der Waals surface area contributed by atoms with E-state index in [1.54, 1.807) is 0 Å². The molecule has 0 fully saturated rings. The summed E-state index contributed by atoms with van der Waals surface area (Å²) in [5.74, 6) is 0.143. The number of pyridine rings is 1. The average Bonchev–Trinajstić information content (AvgIpc) is 2.37. The minimum absolute atomic E-state index is 0.100. The quantitative estimate of drug-likeness (QED) is 0.507. The fourth-order valence-corrected chi connectivity index (χ4v) is 2.19. The number of anilines is 2. The highest BCUT2D eigenvalue weighted by atomic mass is 35.5. The van der Waals surface area contributed by atoms with Crippen molar-refractivity contribution in [3.63, 3.8) is 0 Å². The third-order valence-electron chi connectivity index (χ3n) is 3.02. The van der Waals surface area contributed by atoms with Crippen LogP contribution in [0.2, 0.25) is 5.15 Å². The van der Waals surface area contributed by atoms with Crippen molar-refractivity contribution in [2.75, 3.05) is 5.32 Å². The van der Waals surface area contributed by atoms with Crippen molar-refractivity contribution in [2.24, 2.45) is 0 Å². The maximum atomic E-state index is 11.1. The summed E-state index contributed by atoms with van der Waals surface area (Å²) < 4.78 is 0. The van der Waals surface area contributed by atoms with Gasteiger partial charge >= 0.3 is 5.69 Å². The van der Waals surface area contributed by atoms with E-state index in [2.05, 4.69) is 31.1 Å². The standard InChI is InChI=1S/C15H16ClN3O2/c1-15(2,3)10-6-4-5-7-11(10)17-14-12(19(20)21)8-9-13(16)18-14/h4-9H,1-3H3,(H,17,18). The third-order valence-corrected chi connectivity index (χ3v) is 3.24. The Morgan fingerprint density at radius 3 is 2.48 bits per heavy atom. The van der Waals surface area contributed by atoms with E-state index >= 15 is 0 Å². The highest BCUT2D eigenvalue weighted by Crippen LogP contribution is 2.33. The number of rotatable bonds is 3. The molecule has 0 aliphatic heterocycles. The zero-order chi connectivity index (χ0) is 15.6. The van der Waals surface area contributed by atoms with Crippen LogP contribution in [0.15, 0.2) is 36.4 Å². The molecular weight excluding hydrogens is 290 g/mol. The number of benzene rings is 1. The molecule has 0 unspecified atom stereocenters. The van der Waals surface area contributed by atoms with Gasteiger partial charge in [0.05, 0.1) is 4.92 Å². The van der Waals surface area contributed by atoms with Crippen LogP contribution in [0.4, 0.5) is 17.2 Å². The summed E-state index contributed by atoms with van der Waals surface area (Å²) in [5, 5.41) is 14.3. The molecule has 0 aliphatic rings. The molecule has 2 aromatic rings. The van der Waals surface area contributed by atoms with Crippen LogP contribution in [0, 0.1) is 10.1 Å². The fourth-order valence-electron chi connectivity index (χ4n) is 2.04. The van der Waals surface area contributed by atoms with Gasteiger partial charge in [0.15, 0.2) is 0 Å². The number of nitro groups is 1. The Kier molecular flexibility index (Phi) is 4.14. The lowest BCUT2D eigenvalue weighted by Gasteiger charge is -2.23. The Bertz CT molecular complexity index is 681. The second-order valence-corrected chi connectivity index (χ2v) is 6.07. The summed E-state index contributed by atoms with van der Waals surface area (Å²) in [6, 6.07) is 10.4. The van der Waals surface area contributed by atoms with E-state index in [9.17, 15) is 10.1 Å². The minimum atomic E-state index is -0.481. The van der Waals surface area contributed by atoms with Crippen molar-refractivity contribution in [2.45, 2.75) is 26.2 Å². The first-order chi connectivity index (χ1) is 9.79. The van der Waals surface area contributed by atoms with Crippen LogP contribution >= 0.6 is 11.6 Å². The van der Waals surface area contributed by atoms with E-state index in [-0.39, 0.29) is 22.1 Å². The fraction of sp³-hybridized carbons (Fsp3) is 0.267. The molecule has 110 valence electrons. The zero-order valence-electron chi connectivity index (χ0n) is 12.1. The number of aromatic nitrogens is 1. The number of halogens is 1. The maximum Gasteiger partial charge on any atom is 0.311 e. The van der Waals surface area contributed by atoms with E-state index in [1.807, 2.05) is 24.3 Å². The Labute approximate surface area is 128 Å². The molecule has 0 aliphatic carbocycles. The lowest BCUT2D eigenvalue weighted by atomic mass is 9.86. The Balaban J connectivity index is 2.49. The summed E-state index contributed by atoms with van der Waals surface area (Å²) in [4.78, 5) is 14.6. The Hall–Kier alpha value is -2.14. The predicted octanol–water partition coefficient (Wildman–Crippen LogP) is 4.68. The van der Waals surface area contributed by atoms with Gasteiger partial charge in [-0.05, 0) is 23.1 Å². The lowest BCUT2D eigenvalue weighted by molar-refractivity contribution is -0.384. The first kappa shape index (κ1) is 15.3. The van der Waals surface area contributed by atoms with Crippen LogP contribution in [-0.2, 0) is 5.41 Å². The molecule has 0 spiro atoms. The highest BCUT2D eigenvalue weighted by molar-refractivity contribution is 6.29. The summed E-state index contributed by atoms with van der Waals surface area (Å²) in [5.41, 5.74) is 1.61. The van der Waals surface area contributed by atoms with Crippen molar-refractivity contribution in [1.29, 1.82) is 0 Å². The van der Waals surface area contributed by atoms with Gasteiger partial charge in [0, 0.05) is 11.8 Å². The van der Waals surface area contributed by atoms with Crippen molar-refractivity contribution in [1.82, 2.24) is 4.98 Å². The second-order valence-electron chi connectivity index (χ2n) is 5.68. The van der Waals surface area contributed by atoms with Crippen molar-refractivity contribution >= 4 is 28.8 Å². The first-order valence-electron chi connectivity index (χ1n) is 6.46. The van der Waals surface area contributed by atoms with Crippen LogP contribution in [0.5, 0.6) is 0 Å². The van der Waals surface area contributed by atoms with Gasteiger partial charge < -0.3 is 5.32 Å². The predicted molar refractivity (Wildman–Crippen MR) is 84.3 cm³/mol. The molecule has 0 saturated heterocycles. The van der Waals surface area contributed by atoms with Crippen LogP contribution in [0.3, 0.4) is 0 Å². The van der Waals surface area contributed by atoms with E-state index in [0.717, 1.165) is 11.3 Å². The number of nitrogens with zero attached hydrogens (tertiary/aromatic N) is 2. The maximum absolute atomic E-state index is 11.1. The van der Waals surface area contributed by atoms with E-state index in [0.29, 0.717) is 0 Å². The summed E-state index contributed by atoms with van der Waals surface area (Å²) >= 11 is 5.84. The third kappa shape index (κ3) is 3.49. The summed E-state index contributed by atoms with van der Waals surface area (Å²) in [6.45, 7) is 6.23. The van der Waals surface area contributed by atoms with Crippen LogP contribution < -0.4 is 5.32 Å². The monoisotopic (exact) mass is 305 g/mol. The number of hydrogen-bond acceptors (Lipinski definition) is 4. The Morgan fingerprint density at radius 2 is 1.86 bits per heavy atom. The van der Waals surface area contributed by atoms with Gasteiger partial charge in [-0.2, -0.15) is 0 Å². The first-order valence-corrected chi connectivity index (χ1v) is 6.84. The molecular formula is C15H16ClN3O2. The second kappa shape index (κ2) is 5.69. The molecule has 1 N–H and O–H groups in total. The van der Waals surface area contributed by atoms with Crippen LogP contribution in [-0.4, -0.2) is 9.91 Å². The molecule has 1 aromatic carbocycles. The van der Waals surface area contributed by atoms with Gasteiger partial charge in [-0.25, -0.2) is 4.98 Å². The average molecular weight is 306 g/mol. The van der Waals surface area contributed by atoms with Crippen molar-refractivity contribution < 1.29 is 4.92 Å². The topological polar surface area (TPSA) is 68.1 Å². The molecule has 2 rings (SSSR count). The van der Waals surface area contributed by atoms with E-state index in [1.165, 1.54) is 12.1 Å². The molecule has 5 nitrogen and oxygen atoms in total. The smallest absolute Gasteiger partial charge is 0.311 e. The summed E-state index contributed by atoms with van der Waals surface area (Å²) in [7, 11) is 0. The molecule has 6 heteroatoms. The molecule has 0 amide bonds. The van der Waals surface area contributed by atoms with Crippen LogP contribution in [0.25, 0.3) is 0 Å². The highest BCUT2D eigenvalue weighted by Gasteiger charge is 2.21. The molecule has 0 atom stereocenters. The SMILES string of the molecule is CC(C)(C)c1ccccc1Nc1nc(Cl)ccc1[N+](=O)[O-]. The zero-order valence-corrected chi connectivity index (χ0v) is 12.8. The van der Waals surface area contributed by atoms with Gasteiger partial charge in [-0.15, -0.1) is 0 Å². The molecule has 21 heavy (non-hydrogen) atoms. The molecule has 0 saturated carbocycles. The summed E-state index contributed by atoms with van der Waals surface area (Å²) in [6.07, 6.45) is 0. The largest absolute Gasteiger partial charge is 0.334 e. The van der Waals surface area contributed by atoms with Gasteiger partial charge in [0.2, 0.25) is 5.82 Å². The van der Waals surface area contributed by atoms with Gasteiger partial charge in [-0.3, -0.25) is 10.1 Å². The molecule has 1 heterocycles. The van der Waals surface area contributed by atoms with E-state index < -0.39 is 4.92 Å². The van der Waals surface area contributed by atoms with Gasteiger partial charge in [0.1, 0.15) is 5.15 Å². The number of nitrogens with one attached hydrogen (secondary N) is 1. The van der Waals surface area contributed by atoms with Crippen molar-refractivity contribution in [3.8, 4) is 0 Å². The van der Waals surface area contributed by atoms with Gasteiger partial charge in [0.25, 0.3) is 0 Å². The van der Waals surface area contributed by atoms with Crippen molar-refractivity contribution in [3.05, 3.63) is 57.2 Å². The van der Waals surface area contributed by atoms with Gasteiger partial charge in [-0.1, -0.05) is 50.6 Å². The molecule has 0 radical (unpaired) electrons.